The van der Waals surface area contributed by atoms with E-state index in [9.17, 15) is 5.11 Å². The van der Waals surface area contributed by atoms with E-state index < -0.39 is 0 Å². The van der Waals surface area contributed by atoms with Gasteiger partial charge in [0.05, 0.1) is 27.7 Å². The predicted octanol–water partition coefficient (Wildman–Crippen LogP) is 4.24. The lowest BCUT2D eigenvalue weighted by Gasteiger charge is -2.29. The van der Waals surface area contributed by atoms with Gasteiger partial charge in [0.1, 0.15) is 5.75 Å². The third kappa shape index (κ3) is 5.03. The van der Waals surface area contributed by atoms with Crippen molar-refractivity contribution in [3.05, 3.63) is 28.8 Å². The number of benzene rings is 1. The van der Waals surface area contributed by atoms with Crippen LogP contribution < -0.4 is 0 Å². The molecule has 1 rings (SSSR count). The molecule has 21 heavy (non-hydrogen) atoms. The van der Waals surface area contributed by atoms with E-state index in [0.717, 1.165) is 28.6 Å². The van der Waals surface area contributed by atoms with Crippen LogP contribution in [0.3, 0.4) is 0 Å². The SMILES string of the molecule is CC(C)(C)c1cc(CC[N+](C)(C)C)cc(C(C)(C)C)c1O. The Hall–Kier alpha value is -1.02. The van der Waals surface area contributed by atoms with E-state index in [0.29, 0.717) is 5.75 Å². The maximum absolute atomic E-state index is 10.7. The fraction of sp³-hybridized carbons (Fsp3) is 0.684. The molecule has 0 amide bonds. The molecule has 0 saturated carbocycles. The summed E-state index contributed by atoms with van der Waals surface area (Å²) in [5, 5.41) is 10.7. The molecule has 0 radical (unpaired) electrons. The van der Waals surface area contributed by atoms with Gasteiger partial charge in [-0.2, -0.15) is 0 Å². The van der Waals surface area contributed by atoms with E-state index in [-0.39, 0.29) is 10.8 Å². The van der Waals surface area contributed by atoms with Crippen LogP contribution in [0.5, 0.6) is 5.75 Å². The van der Waals surface area contributed by atoms with Crippen LogP contribution in [0.15, 0.2) is 12.1 Å². The minimum Gasteiger partial charge on any atom is -0.507 e. The molecule has 0 aromatic heterocycles. The van der Waals surface area contributed by atoms with E-state index >= 15 is 0 Å². The van der Waals surface area contributed by atoms with Gasteiger partial charge in [-0.3, -0.25) is 0 Å². The molecule has 0 saturated heterocycles. The molecule has 1 aromatic carbocycles. The largest absolute Gasteiger partial charge is 0.507 e. The van der Waals surface area contributed by atoms with Gasteiger partial charge in [0.15, 0.2) is 0 Å². The van der Waals surface area contributed by atoms with E-state index in [4.69, 9.17) is 0 Å². The highest BCUT2D eigenvalue weighted by molar-refractivity contribution is 5.49. The Morgan fingerprint density at radius 2 is 1.24 bits per heavy atom. The number of rotatable bonds is 3. The van der Waals surface area contributed by atoms with Gasteiger partial charge in [0, 0.05) is 6.42 Å². The Labute approximate surface area is 131 Å². The van der Waals surface area contributed by atoms with Crippen LogP contribution in [0.4, 0.5) is 0 Å². The summed E-state index contributed by atoms with van der Waals surface area (Å²) in [6, 6.07) is 4.39. The first-order chi connectivity index (χ1) is 9.22. The molecule has 0 aliphatic rings. The lowest BCUT2D eigenvalue weighted by Crippen LogP contribution is -2.36. The standard InChI is InChI=1S/C19H33NO/c1-18(2,3)15-12-14(10-11-20(7,8)9)13-16(17(15)21)19(4,5)6/h12-13H,10-11H2,1-9H3/p+1. The minimum absolute atomic E-state index is 0.0450. The number of quaternary nitrogens is 1. The van der Waals surface area contributed by atoms with Crippen molar-refractivity contribution < 1.29 is 9.59 Å². The maximum atomic E-state index is 10.7. The van der Waals surface area contributed by atoms with E-state index in [1.54, 1.807) is 0 Å². The van der Waals surface area contributed by atoms with Crippen molar-refractivity contribution in [1.82, 2.24) is 0 Å². The Kier molecular flexibility index (Phi) is 4.84. The molecular formula is C19H34NO+. The molecule has 120 valence electrons. The fourth-order valence-electron chi connectivity index (χ4n) is 2.45. The van der Waals surface area contributed by atoms with Gasteiger partial charge in [-0.25, -0.2) is 0 Å². The fourth-order valence-corrected chi connectivity index (χ4v) is 2.45. The van der Waals surface area contributed by atoms with Gasteiger partial charge in [-0.1, -0.05) is 53.7 Å². The van der Waals surface area contributed by atoms with Crippen molar-refractivity contribution in [2.24, 2.45) is 0 Å². The maximum Gasteiger partial charge on any atom is 0.123 e. The molecule has 1 N–H and O–H groups in total. The van der Waals surface area contributed by atoms with Crippen LogP contribution in [0.2, 0.25) is 0 Å². The summed E-state index contributed by atoms with van der Waals surface area (Å²) in [4.78, 5) is 0. The third-order valence-corrected chi connectivity index (χ3v) is 3.86. The molecule has 0 atom stereocenters. The van der Waals surface area contributed by atoms with Gasteiger partial charge in [-0.05, 0) is 27.5 Å². The van der Waals surface area contributed by atoms with Gasteiger partial charge >= 0.3 is 0 Å². The molecule has 0 heterocycles. The minimum atomic E-state index is -0.0450. The Bertz CT molecular complexity index is 461. The molecule has 1 aromatic rings. The quantitative estimate of drug-likeness (QED) is 0.826. The lowest BCUT2D eigenvalue weighted by molar-refractivity contribution is -0.870. The molecule has 0 fully saturated rings. The normalized spacial score (nSPS) is 13.6. The van der Waals surface area contributed by atoms with E-state index in [1.165, 1.54) is 5.56 Å². The molecular weight excluding hydrogens is 258 g/mol. The van der Waals surface area contributed by atoms with Crippen LogP contribution in [0.1, 0.15) is 58.2 Å². The Morgan fingerprint density at radius 1 is 0.857 bits per heavy atom. The smallest absolute Gasteiger partial charge is 0.123 e. The van der Waals surface area contributed by atoms with Crippen LogP contribution >= 0.6 is 0 Å². The van der Waals surface area contributed by atoms with Gasteiger partial charge in [-0.15, -0.1) is 0 Å². The summed E-state index contributed by atoms with van der Waals surface area (Å²) < 4.78 is 0.955. The summed E-state index contributed by atoms with van der Waals surface area (Å²) in [6.45, 7) is 14.1. The number of hydrogen-bond donors (Lipinski definition) is 1. The average molecular weight is 292 g/mol. The molecule has 2 heteroatoms. The zero-order chi connectivity index (χ0) is 16.6. The lowest BCUT2D eigenvalue weighted by atomic mass is 9.78. The highest BCUT2D eigenvalue weighted by Crippen LogP contribution is 2.39. The monoisotopic (exact) mass is 292 g/mol. The first-order valence-electron chi connectivity index (χ1n) is 7.89. The topological polar surface area (TPSA) is 20.2 Å². The van der Waals surface area contributed by atoms with Crippen molar-refractivity contribution in [1.29, 1.82) is 0 Å². The highest BCUT2D eigenvalue weighted by Gasteiger charge is 2.26. The summed E-state index contributed by atoms with van der Waals surface area (Å²) in [6.07, 6.45) is 1.04. The van der Waals surface area contributed by atoms with Crippen LogP contribution in [-0.4, -0.2) is 37.3 Å². The van der Waals surface area contributed by atoms with Gasteiger partial charge in [0.2, 0.25) is 0 Å². The first-order valence-corrected chi connectivity index (χ1v) is 7.89. The second kappa shape index (κ2) is 5.64. The van der Waals surface area contributed by atoms with Crippen molar-refractivity contribution in [2.75, 3.05) is 27.7 Å². The van der Waals surface area contributed by atoms with E-state index in [2.05, 4.69) is 74.8 Å². The summed E-state index contributed by atoms with van der Waals surface area (Å²) >= 11 is 0. The predicted molar refractivity (Wildman–Crippen MR) is 92.1 cm³/mol. The van der Waals surface area contributed by atoms with Crippen molar-refractivity contribution in [2.45, 2.75) is 58.8 Å². The number of phenolic OH excluding ortho intramolecular Hbond substituents is 1. The molecule has 2 nitrogen and oxygen atoms in total. The molecule has 0 aliphatic carbocycles. The zero-order valence-corrected chi connectivity index (χ0v) is 15.5. The van der Waals surface area contributed by atoms with Crippen molar-refractivity contribution >= 4 is 0 Å². The summed E-state index contributed by atoms with van der Waals surface area (Å²) in [7, 11) is 6.65. The molecule has 0 bridgehead atoms. The second-order valence-corrected chi connectivity index (χ2v) is 9.30. The number of aromatic hydroxyl groups is 1. The van der Waals surface area contributed by atoms with Crippen LogP contribution in [0.25, 0.3) is 0 Å². The molecule has 0 aliphatic heterocycles. The number of likely N-dealkylation sites (N-methyl/N-ethyl adjacent to an activating group) is 1. The van der Waals surface area contributed by atoms with Gasteiger partial charge in [0.25, 0.3) is 0 Å². The summed E-state index contributed by atoms with van der Waals surface area (Å²) in [5.41, 5.74) is 3.36. The Morgan fingerprint density at radius 3 is 1.52 bits per heavy atom. The van der Waals surface area contributed by atoms with Crippen LogP contribution in [-0.2, 0) is 17.3 Å². The third-order valence-electron chi connectivity index (χ3n) is 3.86. The Balaban J connectivity index is 3.34. The molecule has 0 unspecified atom stereocenters. The zero-order valence-electron chi connectivity index (χ0n) is 15.5. The average Bonchev–Trinajstić information content (AvgIpc) is 2.23. The van der Waals surface area contributed by atoms with Crippen molar-refractivity contribution in [3.63, 3.8) is 0 Å². The first kappa shape index (κ1) is 18.0. The molecule has 0 spiro atoms. The van der Waals surface area contributed by atoms with Crippen LogP contribution in [0, 0.1) is 0 Å². The summed E-state index contributed by atoms with van der Waals surface area (Å²) in [5.74, 6) is 0.476. The van der Waals surface area contributed by atoms with Gasteiger partial charge < -0.3 is 9.59 Å². The number of phenols is 1. The van der Waals surface area contributed by atoms with E-state index in [1.807, 2.05) is 0 Å². The second-order valence-electron chi connectivity index (χ2n) is 9.30. The number of nitrogens with zero attached hydrogens (tertiary/aromatic N) is 1. The highest BCUT2D eigenvalue weighted by atomic mass is 16.3. The van der Waals surface area contributed by atoms with Crippen molar-refractivity contribution in [3.8, 4) is 5.75 Å². The number of hydrogen-bond acceptors (Lipinski definition) is 1.